The lowest BCUT2D eigenvalue weighted by molar-refractivity contribution is 0.0706. The van der Waals surface area contributed by atoms with Crippen LogP contribution in [0, 0.1) is 6.92 Å². The van der Waals surface area contributed by atoms with Gasteiger partial charge >= 0.3 is 0 Å². The lowest BCUT2D eigenvalue weighted by Crippen LogP contribution is -2.32. The summed E-state index contributed by atoms with van der Waals surface area (Å²) in [6, 6.07) is 8.00. The van der Waals surface area contributed by atoms with Crippen LogP contribution in [0.3, 0.4) is 0 Å². The van der Waals surface area contributed by atoms with Crippen molar-refractivity contribution in [3.05, 3.63) is 70.4 Å². The molecule has 1 aliphatic rings. The van der Waals surface area contributed by atoms with Gasteiger partial charge in [0.25, 0.3) is 5.91 Å². The number of phenols is 1. The number of aryl methyl sites for hydroxylation is 1. The number of nitrogens with one attached hydrogen (secondary N) is 1. The number of carbonyl (C=O) groups is 1. The second kappa shape index (κ2) is 9.17. The summed E-state index contributed by atoms with van der Waals surface area (Å²) >= 11 is 6.32. The monoisotopic (exact) mass is 469 g/mol. The van der Waals surface area contributed by atoms with E-state index < -0.39 is 6.04 Å². The average Bonchev–Trinajstić information content (AvgIpc) is 3.34. The zero-order valence-electron chi connectivity index (χ0n) is 18.3. The van der Waals surface area contributed by atoms with Gasteiger partial charge in [0.05, 0.1) is 19.8 Å². The summed E-state index contributed by atoms with van der Waals surface area (Å²) in [5.41, 5.74) is 3.16. The summed E-state index contributed by atoms with van der Waals surface area (Å²) < 4.78 is 11.2. The van der Waals surface area contributed by atoms with Crippen molar-refractivity contribution in [2.75, 3.05) is 26.9 Å². The number of methoxy groups -OCH3 is 1. The number of β-amino-alcohol motifs (C(OH)–C–C–N with tert-alkyl or cyclic N) is 1. The Morgan fingerprint density at radius 2 is 2.09 bits per heavy atom. The minimum atomic E-state index is -0.574. The van der Waals surface area contributed by atoms with E-state index in [1.54, 1.807) is 42.2 Å². The summed E-state index contributed by atoms with van der Waals surface area (Å²) in [4.78, 5) is 14.7. The van der Waals surface area contributed by atoms with Gasteiger partial charge in [-0.15, -0.1) is 0 Å². The van der Waals surface area contributed by atoms with Gasteiger partial charge in [-0.1, -0.05) is 30.3 Å². The van der Waals surface area contributed by atoms with E-state index in [0.29, 0.717) is 45.6 Å². The molecule has 2 heterocycles. The highest BCUT2D eigenvalue weighted by Crippen LogP contribution is 2.46. The van der Waals surface area contributed by atoms with Gasteiger partial charge in [-0.25, -0.2) is 0 Å². The standard InChI is InChI=1S/C24H24ClN3O5/c1-4-9-33-18-6-5-14(11-19(18)32-3)23-20-21(15-12-16(25)13(2)10-17(15)30)26-27-22(20)24(31)28(23)7-8-29/h4-6,10-12,23,29-30H,1,7-9H2,2-3H3,(H,26,27). The number of H-pyrrole nitrogens is 1. The number of aromatic amines is 1. The van der Waals surface area contributed by atoms with Crippen LogP contribution in [-0.4, -0.2) is 58.1 Å². The first-order chi connectivity index (χ1) is 15.9. The molecule has 2 aromatic carbocycles. The number of ether oxygens (including phenoxy) is 2. The van der Waals surface area contributed by atoms with Crippen LogP contribution in [0.2, 0.25) is 5.02 Å². The fraction of sp³-hybridized carbons (Fsp3) is 0.250. The maximum Gasteiger partial charge on any atom is 0.273 e. The van der Waals surface area contributed by atoms with E-state index in [2.05, 4.69) is 16.8 Å². The van der Waals surface area contributed by atoms with Gasteiger partial charge in [0.2, 0.25) is 0 Å². The fourth-order valence-electron chi connectivity index (χ4n) is 4.07. The number of hydrogen-bond acceptors (Lipinski definition) is 6. The van der Waals surface area contributed by atoms with Crippen molar-refractivity contribution in [1.29, 1.82) is 0 Å². The second-order valence-corrected chi connectivity index (χ2v) is 8.02. The van der Waals surface area contributed by atoms with Crippen molar-refractivity contribution >= 4 is 17.5 Å². The molecule has 8 nitrogen and oxygen atoms in total. The number of halogens is 1. The molecule has 33 heavy (non-hydrogen) atoms. The van der Waals surface area contributed by atoms with E-state index in [1.807, 2.05) is 6.07 Å². The van der Waals surface area contributed by atoms with E-state index in [0.717, 1.165) is 11.1 Å². The Bertz CT molecular complexity index is 1220. The Morgan fingerprint density at radius 1 is 1.30 bits per heavy atom. The van der Waals surface area contributed by atoms with Crippen LogP contribution in [0.4, 0.5) is 0 Å². The highest BCUT2D eigenvalue weighted by molar-refractivity contribution is 6.31. The highest BCUT2D eigenvalue weighted by atomic mass is 35.5. The summed E-state index contributed by atoms with van der Waals surface area (Å²) in [5, 5.41) is 27.9. The molecular weight excluding hydrogens is 446 g/mol. The number of hydrogen-bond donors (Lipinski definition) is 3. The number of benzene rings is 2. The van der Waals surface area contributed by atoms with Crippen LogP contribution < -0.4 is 9.47 Å². The van der Waals surface area contributed by atoms with Crippen LogP contribution in [0.15, 0.2) is 43.0 Å². The van der Waals surface area contributed by atoms with Gasteiger partial charge in [0.15, 0.2) is 11.5 Å². The summed E-state index contributed by atoms with van der Waals surface area (Å²) in [5.74, 6) is 0.732. The van der Waals surface area contributed by atoms with Crippen molar-refractivity contribution in [3.8, 4) is 28.5 Å². The molecule has 3 N–H and O–H groups in total. The minimum Gasteiger partial charge on any atom is -0.507 e. The van der Waals surface area contributed by atoms with Crippen LogP contribution >= 0.6 is 11.6 Å². The predicted octanol–water partition coefficient (Wildman–Crippen LogP) is 3.86. The summed E-state index contributed by atoms with van der Waals surface area (Å²) in [6.07, 6.45) is 1.63. The number of nitrogens with zero attached hydrogens (tertiary/aromatic N) is 2. The maximum atomic E-state index is 13.2. The first kappa shape index (κ1) is 22.7. The summed E-state index contributed by atoms with van der Waals surface area (Å²) in [6.45, 7) is 5.66. The quantitative estimate of drug-likeness (QED) is 0.432. The number of aromatic nitrogens is 2. The molecule has 9 heteroatoms. The highest BCUT2D eigenvalue weighted by Gasteiger charge is 2.42. The van der Waals surface area contributed by atoms with E-state index in [1.165, 1.54) is 7.11 Å². The van der Waals surface area contributed by atoms with Gasteiger partial charge in [0.1, 0.15) is 23.7 Å². The molecule has 1 unspecified atom stereocenters. The Labute approximate surface area is 196 Å². The molecule has 3 aromatic rings. The number of phenolic OH excluding ortho intramolecular Hbond substituents is 1. The van der Waals surface area contributed by atoms with Crippen LogP contribution in [0.5, 0.6) is 17.2 Å². The molecule has 0 radical (unpaired) electrons. The number of aliphatic hydroxyl groups is 1. The molecule has 0 bridgehead atoms. The average molecular weight is 470 g/mol. The van der Waals surface area contributed by atoms with E-state index in [9.17, 15) is 15.0 Å². The Balaban J connectivity index is 1.88. The number of fused-ring (bicyclic) bond motifs is 1. The topological polar surface area (TPSA) is 108 Å². The van der Waals surface area contributed by atoms with E-state index >= 15 is 0 Å². The van der Waals surface area contributed by atoms with Crippen molar-refractivity contribution in [1.82, 2.24) is 15.1 Å². The normalized spacial score (nSPS) is 15.0. The lowest BCUT2D eigenvalue weighted by atomic mass is 9.95. The predicted molar refractivity (Wildman–Crippen MR) is 124 cm³/mol. The molecule has 0 aliphatic carbocycles. The Hall–Kier alpha value is -3.49. The van der Waals surface area contributed by atoms with E-state index in [-0.39, 0.29) is 24.8 Å². The number of aromatic hydroxyl groups is 1. The lowest BCUT2D eigenvalue weighted by Gasteiger charge is -2.26. The zero-order valence-corrected chi connectivity index (χ0v) is 19.0. The van der Waals surface area contributed by atoms with Crippen LogP contribution in [0.25, 0.3) is 11.3 Å². The zero-order chi connectivity index (χ0) is 23.7. The molecule has 0 fully saturated rings. The SMILES string of the molecule is C=CCOc1ccc(C2c3c(-c4cc(Cl)c(C)cc4O)n[nH]c3C(=O)N2CCO)cc1OC. The van der Waals surface area contributed by atoms with Crippen LogP contribution in [0.1, 0.15) is 33.2 Å². The fourth-order valence-corrected chi connectivity index (χ4v) is 4.23. The largest absolute Gasteiger partial charge is 0.507 e. The second-order valence-electron chi connectivity index (χ2n) is 7.61. The first-order valence-corrected chi connectivity index (χ1v) is 10.7. The van der Waals surface area contributed by atoms with Crippen LogP contribution in [-0.2, 0) is 0 Å². The molecule has 0 saturated carbocycles. The molecule has 0 spiro atoms. The van der Waals surface area contributed by atoms with Gasteiger partial charge in [0, 0.05) is 22.7 Å². The maximum absolute atomic E-state index is 13.2. The molecule has 1 amide bonds. The molecule has 0 saturated heterocycles. The molecule has 1 atom stereocenters. The third-order valence-corrected chi connectivity index (χ3v) is 6.00. The molecule has 1 aromatic heterocycles. The van der Waals surface area contributed by atoms with E-state index in [4.69, 9.17) is 21.1 Å². The van der Waals surface area contributed by atoms with Gasteiger partial charge in [-0.2, -0.15) is 5.10 Å². The third-order valence-electron chi connectivity index (χ3n) is 5.60. The molecule has 172 valence electrons. The minimum absolute atomic E-state index is 0.00348. The van der Waals surface area contributed by atoms with Crippen molar-refractivity contribution < 1.29 is 24.5 Å². The summed E-state index contributed by atoms with van der Waals surface area (Å²) in [7, 11) is 1.53. The van der Waals surface area contributed by atoms with Crippen molar-refractivity contribution in [2.24, 2.45) is 0 Å². The molecule has 1 aliphatic heterocycles. The molecule has 4 rings (SSSR count). The smallest absolute Gasteiger partial charge is 0.273 e. The van der Waals surface area contributed by atoms with Gasteiger partial charge in [-0.3, -0.25) is 9.89 Å². The molecular formula is C24H24ClN3O5. The Morgan fingerprint density at radius 3 is 2.79 bits per heavy atom. The Kier molecular flexibility index (Phi) is 6.31. The van der Waals surface area contributed by atoms with Crippen molar-refractivity contribution in [3.63, 3.8) is 0 Å². The van der Waals surface area contributed by atoms with Crippen molar-refractivity contribution in [2.45, 2.75) is 13.0 Å². The number of carbonyl (C=O) groups excluding carboxylic acids is 1. The third kappa shape index (κ3) is 3.92. The first-order valence-electron chi connectivity index (χ1n) is 10.3. The van der Waals surface area contributed by atoms with Gasteiger partial charge < -0.3 is 24.6 Å². The number of aliphatic hydroxyl groups excluding tert-OH is 1. The number of amides is 1. The number of rotatable bonds is 8. The van der Waals surface area contributed by atoms with Gasteiger partial charge in [-0.05, 0) is 42.3 Å².